The van der Waals surface area contributed by atoms with Gasteiger partial charge in [-0.25, -0.2) is 9.59 Å². The molecule has 2 unspecified atom stereocenters. The van der Waals surface area contributed by atoms with Crippen LogP contribution in [0.25, 0.3) is 11.1 Å². The van der Waals surface area contributed by atoms with Gasteiger partial charge >= 0.3 is 12.1 Å². The number of fused-ring (bicyclic) bond motifs is 3. The average molecular weight is 1090 g/mol. The minimum atomic E-state index is -1.06. The topological polar surface area (TPSA) is 261 Å². The fourth-order valence-electron chi connectivity index (χ4n) is 5.88. The largest absolute Gasteiger partial charge is 0.480 e. The number of carbonyl (C=O) groups is 7. The minimum Gasteiger partial charge on any atom is -0.480 e. The second-order valence-corrected chi connectivity index (χ2v) is 14.3. The third kappa shape index (κ3) is 27.2. The molecule has 68 heavy (non-hydrogen) atoms. The third-order valence-corrected chi connectivity index (χ3v) is 9.24. The minimum absolute atomic E-state index is 0. The molecule has 0 fully saturated rings. The van der Waals surface area contributed by atoms with Crippen molar-refractivity contribution >= 4 is 41.6 Å². The molecule has 364 valence electrons. The van der Waals surface area contributed by atoms with E-state index in [0.717, 1.165) is 47.9 Å². The van der Waals surface area contributed by atoms with E-state index in [0.29, 0.717) is 12.8 Å². The van der Waals surface area contributed by atoms with Crippen molar-refractivity contribution < 1.29 is 109 Å². The van der Waals surface area contributed by atoms with Crippen LogP contribution in [0.5, 0.6) is 0 Å². The van der Waals surface area contributed by atoms with E-state index in [-0.39, 0.29) is 109 Å². The number of carbonyl (C=O) groups excluding carboxylic acids is 6. The predicted molar refractivity (Wildman–Crippen MR) is 254 cm³/mol. The number of carboxylic acid groups (broad SMARTS) is 1. The van der Waals surface area contributed by atoms with Crippen molar-refractivity contribution in [3.8, 4) is 11.1 Å². The maximum Gasteiger partial charge on any atom is 0.407 e. The molecular formula is C50H65N7O9Y2-4. The summed E-state index contributed by atoms with van der Waals surface area (Å²) >= 11 is 0. The number of rotatable bonds is 17. The van der Waals surface area contributed by atoms with E-state index in [1.54, 1.807) is 20.9 Å². The number of nitrogens with one attached hydrogen (secondary N) is 5. The van der Waals surface area contributed by atoms with E-state index < -0.39 is 41.9 Å². The molecule has 0 saturated heterocycles. The molecule has 0 bridgehead atoms. The first-order valence-corrected chi connectivity index (χ1v) is 21.5. The van der Waals surface area contributed by atoms with E-state index in [2.05, 4.69) is 76.8 Å². The molecule has 4 aromatic rings. The van der Waals surface area contributed by atoms with Gasteiger partial charge < -0.3 is 61.7 Å². The molecule has 6 amide bonds. The number of alkyl carbamates (subject to hydrolysis) is 1. The summed E-state index contributed by atoms with van der Waals surface area (Å²) in [5.41, 5.74) is 16.8. The van der Waals surface area contributed by atoms with Gasteiger partial charge in [0.15, 0.2) is 0 Å². The first-order valence-electron chi connectivity index (χ1n) is 21.5. The number of aryl methyl sites for hydroxylation is 2. The van der Waals surface area contributed by atoms with Gasteiger partial charge in [-0.2, -0.15) is 84.6 Å². The number of primary amides is 1. The number of amides is 6. The average Bonchev–Trinajstić information content (AvgIpc) is 3.65. The molecule has 16 nitrogen and oxygen atoms in total. The van der Waals surface area contributed by atoms with Gasteiger partial charge in [0.25, 0.3) is 0 Å². The summed E-state index contributed by atoms with van der Waals surface area (Å²) < 4.78 is 5.31. The quantitative estimate of drug-likeness (QED) is 0.0699. The van der Waals surface area contributed by atoms with Crippen LogP contribution in [0.1, 0.15) is 74.6 Å². The molecule has 1 aliphatic carbocycles. The Kier molecular flexibility index (Phi) is 37.4. The molecule has 10 N–H and O–H groups in total. The zero-order valence-corrected chi connectivity index (χ0v) is 45.2. The molecule has 2 radical (unpaired) electrons. The van der Waals surface area contributed by atoms with Crippen LogP contribution in [-0.2, 0) is 112 Å². The van der Waals surface area contributed by atoms with E-state index >= 15 is 0 Å². The zero-order valence-electron chi connectivity index (χ0n) is 39.5. The zero-order chi connectivity index (χ0) is 49.3. The van der Waals surface area contributed by atoms with Crippen molar-refractivity contribution in [2.75, 3.05) is 33.3 Å². The van der Waals surface area contributed by atoms with Crippen LogP contribution in [0, 0.1) is 26.0 Å². The number of carboxylic acids is 1. The fraction of sp³-hybridized carbons (Fsp3) is 0.340. The van der Waals surface area contributed by atoms with Gasteiger partial charge in [0.2, 0.25) is 29.5 Å². The first-order chi connectivity index (χ1) is 31.6. The predicted octanol–water partition coefficient (Wildman–Crippen LogP) is 4.20. The van der Waals surface area contributed by atoms with E-state index in [1.165, 1.54) is 18.1 Å². The van der Waals surface area contributed by atoms with Crippen LogP contribution >= 0.6 is 0 Å². The normalized spacial score (nSPS) is 11.0. The van der Waals surface area contributed by atoms with Gasteiger partial charge in [-0.1, -0.05) is 75.2 Å². The number of ether oxygens (including phenoxy) is 1. The molecule has 1 aliphatic rings. The monoisotopic (exact) mass is 1090 g/mol. The SMILES string of the molecule is CCC(NC(=O)CNC(C)=O)C(=O)NCC(N)=O.CCC(NC(=O)OCC1c2ccccc2-c2ccccc21)C(=O)O.CNC(=O)CN.[CH2-]CCc1[c-]cccc1.[CH2-]CCc1[c-]cccc1.[Y].[Y]. The Bertz CT molecular complexity index is 2010. The van der Waals surface area contributed by atoms with Gasteiger partial charge in [0.1, 0.15) is 18.7 Å². The van der Waals surface area contributed by atoms with Gasteiger partial charge in [-0.15, -0.1) is 0 Å². The number of aliphatic carboxylic acids is 1. The number of benzene rings is 4. The van der Waals surface area contributed by atoms with Crippen molar-refractivity contribution in [2.24, 2.45) is 11.5 Å². The molecule has 0 saturated carbocycles. The second-order valence-electron chi connectivity index (χ2n) is 14.3. The van der Waals surface area contributed by atoms with Crippen molar-refractivity contribution in [1.82, 2.24) is 26.6 Å². The van der Waals surface area contributed by atoms with Crippen molar-refractivity contribution in [3.05, 3.63) is 145 Å². The van der Waals surface area contributed by atoms with Crippen molar-refractivity contribution in [3.63, 3.8) is 0 Å². The van der Waals surface area contributed by atoms with Gasteiger partial charge in [-0.05, 0) is 35.1 Å². The maximum atomic E-state index is 11.9. The van der Waals surface area contributed by atoms with Crippen LogP contribution in [-0.4, -0.2) is 92.1 Å². The number of hydrogen-bond donors (Lipinski definition) is 8. The summed E-state index contributed by atoms with van der Waals surface area (Å²) in [6.45, 7) is 12.0. The molecule has 0 heterocycles. The summed E-state index contributed by atoms with van der Waals surface area (Å²) in [5.74, 6) is -3.20. The summed E-state index contributed by atoms with van der Waals surface area (Å²) in [6, 6.07) is 36.7. The van der Waals surface area contributed by atoms with Crippen LogP contribution in [0.2, 0.25) is 0 Å². The van der Waals surface area contributed by atoms with Crippen LogP contribution in [0.3, 0.4) is 0 Å². The molecule has 18 heteroatoms. The third-order valence-electron chi connectivity index (χ3n) is 9.24. The van der Waals surface area contributed by atoms with Gasteiger partial charge in [0, 0.05) is 85.3 Å². The van der Waals surface area contributed by atoms with E-state index in [9.17, 15) is 33.6 Å². The number of nitrogens with two attached hydrogens (primary N) is 2. The Hall–Kier alpha value is -4.86. The Balaban J connectivity index is 0. The summed E-state index contributed by atoms with van der Waals surface area (Å²) in [5, 5.41) is 20.7. The van der Waals surface area contributed by atoms with Crippen LogP contribution in [0.4, 0.5) is 4.79 Å². The summed E-state index contributed by atoms with van der Waals surface area (Å²) in [7, 11) is 1.55. The second kappa shape index (κ2) is 39.0. The van der Waals surface area contributed by atoms with Gasteiger partial charge in [0.05, 0.1) is 19.6 Å². The first kappa shape index (κ1) is 65.2. The number of likely N-dealkylation sites (N-methyl/N-ethyl adjacent to an activating group) is 1. The molecule has 0 aliphatic heterocycles. The number of hydrogen-bond acceptors (Lipinski definition) is 9. The Morgan fingerprint density at radius 2 is 1.19 bits per heavy atom. The molecule has 5 rings (SSSR count). The molecule has 0 spiro atoms. The molecular weight excluding hydrogens is 1020 g/mol. The smallest absolute Gasteiger partial charge is 0.407 e. The van der Waals surface area contributed by atoms with Gasteiger partial charge in [-0.3, -0.25) is 24.0 Å². The standard InChI is InChI=1S/C19H19NO4.C10H18N4O4.2C9H10.C3H8N2O.2Y/c1-2-17(18(21)22)20-19(23)24-11-16-14-9-5-3-7-12(14)13-8-4-6-10-15(13)16;1-3-7(10(18)13-4-8(11)16)14-9(17)5-12-6(2)15;2*1-2-6-9-7-4-3-5-8-9;1-5-3(6)2-4;;/h3-10,16-17H,2,11H2,1H3,(H,20,23)(H,21,22);7H,3-5H2,1-2H3,(H2,11,16)(H,12,15)(H,13,18)(H,14,17);2*3-5,7H,1-2,6H2;2,4H2,1H3,(H,5,6);;/q;;2*-2;;;. The van der Waals surface area contributed by atoms with Crippen molar-refractivity contribution in [1.29, 1.82) is 0 Å². The fourth-order valence-corrected chi connectivity index (χ4v) is 5.88. The Labute approximate surface area is 451 Å². The van der Waals surface area contributed by atoms with E-state index in [4.69, 9.17) is 21.3 Å². The summed E-state index contributed by atoms with van der Waals surface area (Å²) in [4.78, 5) is 76.8. The Morgan fingerprint density at radius 3 is 1.56 bits per heavy atom. The van der Waals surface area contributed by atoms with E-state index in [1.807, 2.05) is 72.8 Å². The summed E-state index contributed by atoms with van der Waals surface area (Å²) in [6.07, 6.45) is 3.96. The maximum absolute atomic E-state index is 11.9. The van der Waals surface area contributed by atoms with Crippen molar-refractivity contribution in [2.45, 2.75) is 77.3 Å². The molecule has 2 atom stereocenters. The van der Waals surface area contributed by atoms with Crippen LogP contribution < -0.4 is 38.1 Å². The Morgan fingerprint density at radius 1 is 0.706 bits per heavy atom. The molecule has 4 aromatic carbocycles. The molecule has 0 aromatic heterocycles. The van der Waals surface area contributed by atoms with Crippen LogP contribution in [0.15, 0.2) is 97.1 Å².